The van der Waals surface area contributed by atoms with E-state index >= 15 is 0 Å². The number of halogens is 3. The van der Waals surface area contributed by atoms with Crippen molar-refractivity contribution in [2.24, 2.45) is 0 Å². The average Bonchev–Trinajstić information content (AvgIpc) is 2.29. The van der Waals surface area contributed by atoms with Crippen LogP contribution in [0.25, 0.3) is 10.2 Å². The molecule has 0 atom stereocenters. The lowest BCUT2D eigenvalue weighted by Crippen LogP contribution is -1.71. The number of aromatic nitrogens is 1. The molecule has 0 aromatic carbocycles. The van der Waals surface area contributed by atoms with Gasteiger partial charge in [-0.1, -0.05) is 11.6 Å². The first kappa shape index (κ1) is 8.94. The fourth-order valence-corrected chi connectivity index (χ4v) is 3.56. The lowest BCUT2D eigenvalue weighted by Gasteiger charge is -1.91. The molecule has 0 aliphatic heterocycles. The van der Waals surface area contributed by atoms with Crippen molar-refractivity contribution in [2.75, 3.05) is 0 Å². The number of thiophene rings is 1. The van der Waals surface area contributed by atoms with Gasteiger partial charge in [-0.3, -0.25) is 0 Å². The van der Waals surface area contributed by atoms with E-state index in [4.69, 9.17) is 11.6 Å². The van der Waals surface area contributed by atoms with E-state index in [1.165, 1.54) is 0 Å². The highest BCUT2D eigenvalue weighted by molar-refractivity contribution is 9.13. The minimum absolute atomic E-state index is 0.730. The number of fused-ring (bicyclic) bond motifs is 1. The molecule has 0 aliphatic carbocycles. The molecule has 0 radical (unpaired) electrons. The van der Waals surface area contributed by atoms with Crippen LogP contribution in [0.3, 0.4) is 0 Å². The van der Waals surface area contributed by atoms with Gasteiger partial charge in [-0.05, 0) is 37.9 Å². The summed E-state index contributed by atoms with van der Waals surface area (Å²) < 4.78 is 2.01. The van der Waals surface area contributed by atoms with Gasteiger partial charge in [0.05, 0.1) is 13.3 Å². The van der Waals surface area contributed by atoms with Crippen LogP contribution in [0.1, 0.15) is 0 Å². The predicted molar refractivity (Wildman–Crippen MR) is 60.0 cm³/mol. The van der Waals surface area contributed by atoms with E-state index in [2.05, 4.69) is 36.8 Å². The van der Waals surface area contributed by atoms with E-state index in [0.717, 1.165) is 23.5 Å². The standard InChI is InChI=1S/C7H2Br2ClNS/c8-5-4-3(10)1-2-11-7(4)12-6(5)9/h1-2H. The summed E-state index contributed by atoms with van der Waals surface area (Å²) in [5.74, 6) is 0. The Labute approximate surface area is 95.0 Å². The second-order valence-corrected chi connectivity index (χ2v) is 5.68. The minimum atomic E-state index is 0.730. The molecular weight excluding hydrogens is 325 g/mol. The molecule has 1 nitrogen and oxygen atoms in total. The van der Waals surface area contributed by atoms with Crippen molar-refractivity contribution >= 4 is 65.0 Å². The second-order valence-electron chi connectivity index (χ2n) is 2.16. The van der Waals surface area contributed by atoms with Crippen LogP contribution in [0.4, 0.5) is 0 Å². The monoisotopic (exact) mass is 325 g/mol. The Hall–Kier alpha value is 0.360. The average molecular weight is 327 g/mol. The van der Waals surface area contributed by atoms with Gasteiger partial charge in [0.1, 0.15) is 4.83 Å². The van der Waals surface area contributed by atoms with Gasteiger partial charge < -0.3 is 0 Å². The molecule has 0 aliphatic rings. The van der Waals surface area contributed by atoms with Gasteiger partial charge in [0.25, 0.3) is 0 Å². The summed E-state index contributed by atoms with van der Waals surface area (Å²) in [6, 6.07) is 1.79. The molecule has 62 valence electrons. The van der Waals surface area contributed by atoms with Crippen LogP contribution >= 0.6 is 54.8 Å². The van der Waals surface area contributed by atoms with E-state index in [1.807, 2.05) is 0 Å². The quantitative estimate of drug-likeness (QED) is 0.695. The van der Waals surface area contributed by atoms with Crippen molar-refractivity contribution in [2.45, 2.75) is 0 Å². The van der Waals surface area contributed by atoms with Crippen molar-refractivity contribution in [3.63, 3.8) is 0 Å². The van der Waals surface area contributed by atoms with Crippen molar-refractivity contribution < 1.29 is 0 Å². The van der Waals surface area contributed by atoms with E-state index in [1.54, 1.807) is 23.6 Å². The third-order valence-electron chi connectivity index (χ3n) is 1.44. The highest BCUT2D eigenvalue weighted by Gasteiger charge is 2.10. The van der Waals surface area contributed by atoms with Crippen molar-refractivity contribution in [1.29, 1.82) is 0 Å². The number of nitrogens with zero attached hydrogens (tertiary/aromatic N) is 1. The smallest absolute Gasteiger partial charge is 0.126 e. The summed E-state index contributed by atoms with van der Waals surface area (Å²) in [7, 11) is 0. The summed E-state index contributed by atoms with van der Waals surface area (Å²) in [5.41, 5.74) is 0. The molecular formula is C7H2Br2ClNS. The van der Waals surface area contributed by atoms with Gasteiger partial charge in [-0.2, -0.15) is 0 Å². The van der Waals surface area contributed by atoms with Crippen LogP contribution in [-0.4, -0.2) is 4.98 Å². The Bertz CT molecular complexity index is 440. The summed E-state index contributed by atoms with van der Waals surface area (Å²) >= 11 is 14.4. The van der Waals surface area contributed by atoms with Crippen LogP contribution in [0.2, 0.25) is 5.02 Å². The molecule has 0 saturated carbocycles. The first-order valence-corrected chi connectivity index (χ1v) is 5.86. The van der Waals surface area contributed by atoms with Gasteiger partial charge in [0, 0.05) is 11.6 Å². The Morgan fingerprint density at radius 3 is 2.83 bits per heavy atom. The van der Waals surface area contributed by atoms with Gasteiger partial charge in [0.15, 0.2) is 0 Å². The lowest BCUT2D eigenvalue weighted by atomic mass is 10.3. The highest BCUT2D eigenvalue weighted by atomic mass is 79.9. The Morgan fingerprint density at radius 1 is 1.42 bits per heavy atom. The molecule has 2 aromatic rings. The summed E-state index contributed by atoms with van der Waals surface area (Å²) in [6.07, 6.45) is 1.71. The molecule has 2 rings (SSSR count). The molecule has 0 amide bonds. The van der Waals surface area contributed by atoms with Crippen LogP contribution in [0, 0.1) is 0 Å². The maximum Gasteiger partial charge on any atom is 0.126 e. The molecule has 0 unspecified atom stereocenters. The Morgan fingerprint density at radius 2 is 2.17 bits per heavy atom. The van der Waals surface area contributed by atoms with Crippen LogP contribution in [0.5, 0.6) is 0 Å². The largest absolute Gasteiger partial charge is 0.245 e. The van der Waals surface area contributed by atoms with Crippen LogP contribution in [-0.2, 0) is 0 Å². The molecule has 5 heteroatoms. The maximum absolute atomic E-state index is 5.99. The fraction of sp³-hybridized carbons (Fsp3) is 0. The second kappa shape index (κ2) is 3.25. The predicted octanol–water partition coefficient (Wildman–Crippen LogP) is 4.47. The Balaban J connectivity index is 2.97. The topological polar surface area (TPSA) is 12.9 Å². The highest BCUT2D eigenvalue weighted by Crippen LogP contribution is 2.41. The molecule has 0 N–H and O–H groups in total. The third-order valence-corrected chi connectivity index (χ3v) is 5.11. The molecule has 2 aromatic heterocycles. The van der Waals surface area contributed by atoms with Crippen molar-refractivity contribution in [3.05, 3.63) is 25.5 Å². The number of hydrogen-bond donors (Lipinski definition) is 0. The van der Waals surface area contributed by atoms with Crippen molar-refractivity contribution in [3.8, 4) is 0 Å². The molecule has 0 spiro atoms. The number of hydrogen-bond acceptors (Lipinski definition) is 2. The SMILES string of the molecule is Clc1ccnc2sc(Br)c(Br)c12. The zero-order chi connectivity index (χ0) is 8.72. The Kier molecular flexibility index (Phi) is 2.42. The summed E-state index contributed by atoms with van der Waals surface area (Å²) in [4.78, 5) is 5.14. The number of pyridine rings is 1. The lowest BCUT2D eigenvalue weighted by molar-refractivity contribution is 1.44. The van der Waals surface area contributed by atoms with E-state index in [-0.39, 0.29) is 0 Å². The van der Waals surface area contributed by atoms with Gasteiger partial charge in [0.2, 0.25) is 0 Å². The van der Waals surface area contributed by atoms with E-state index in [0.29, 0.717) is 0 Å². The van der Waals surface area contributed by atoms with E-state index in [9.17, 15) is 0 Å². The van der Waals surface area contributed by atoms with Crippen LogP contribution < -0.4 is 0 Å². The zero-order valence-electron chi connectivity index (χ0n) is 5.64. The molecule has 12 heavy (non-hydrogen) atoms. The normalized spacial score (nSPS) is 10.9. The van der Waals surface area contributed by atoms with Crippen molar-refractivity contribution in [1.82, 2.24) is 4.98 Å². The third kappa shape index (κ3) is 1.31. The minimum Gasteiger partial charge on any atom is -0.245 e. The summed E-state index contributed by atoms with van der Waals surface area (Å²) in [5, 5.41) is 1.71. The van der Waals surface area contributed by atoms with Gasteiger partial charge in [-0.25, -0.2) is 4.98 Å². The fourth-order valence-electron chi connectivity index (χ4n) is 0.925. The van der Waals surface area contributed by atoms with Gasteiger partial charge >= 0.3 is 0 Å². The molecule has 2 heterocycles. The molecule has 0 fully saturated rings. The van der Waals surface area contributed by atoms with Gasteiger partial charge in [-0.15, -0.1) is 11.3 Å². The first-order valence-electron chi connectivity index (χ1n) is 3.08. The zero-order valence-corrected chi connectivity index (χ0v) is 10.4. The van der Waals surface area contributed by atoms with E-state index < -0.39 is 0 Å². The summed E-state index contributed by atoms with van der Waals surface area (Å²) in [6.45, 7) is 0. The maximum atomic E-state index is 5.99. The number of rotatable bonds is 0. The first-order chi connectivity index (χ1) is 5.70. The van der Waals surface area contributed by atoms with Crippen LogP contribution in [0.15, 0.2) is 20.5 Å². The molecule has 0 bridgehead atoms. The molecule has 0 saturated heterocycles.